The molecule has 3 rings (SSSR count). The Hall–Kier alpha value is -2.55. The molecule has 216 valence electrons. The van der Waals surface area contributed by atoms with E-state index in [9.17, 15) is 18.7 Å². The number of ether oxygens (including phenoxy) is 1. The van der Waals surface area contributed by atoms with Gasteiger partial charge in [-0.15, -0.1) is 0 Å². The van der Waals surface area contributed by atoms with Crippen molar-refractivity contribution in [1.82, 2.24) is 15.3 Å². The van der Waals surface area contributed by atoms with Crippen molar-refractivity contribution in [3.05, 3.63) is 71.3 Å². The molecule has 1 heterocycles. The van der Waals surface area contributed by atoms with E-state index in [1.54, 1.807) is 20.8 Å². The van der Waals surface area contributed by atoms with E-state index in [0.717, 1.165) is 37.4 Å². The summed E-state index contributed by atoms with van der Waals surface area (Å²) in [7, 11) is 0. The van der Waals surface area contributed by atoms with Gasteiger partial charge in [0.2, 0.25) is 0 Å². The molecule has 2 N–H and O–H groups in total. The predicted octanol–water partition coefficient (Wildman–Crippen LogP) is 6.08. The Bertz CT molecular complexity index is 1050. The average molecular weight is 546 g/mol. The minimum Gasteiger partial charge on any atom is -0.444 e. The smallest absolute Gasteiger partial charge is 0.407 e. The second-order valence-electron chi connectivity index (χ2n) is 12.9. The van der Waals surface area contributed by atoms with Crippen molar-refractivity contribution in [3.8, 4) is 0 Å². The number of hydrogen-bond acceptors (Lipinski definition) is 5. The van der Waals surface area contributed by atoms with Crippen LogP contribution in [0.1, 0.15) is 71.9 Å². The largest absolute Gasteiger partial charge is 0.444 e. The molecule has 2 aromatic rings. The number of aliphatic hydroxyl groups excluding tert-OH is 1. The van der Waals surface area contributed by atoms with Crippen LogP contribution in [0.15, 0.2) is 48.5 Å². The highest BCUT2D eigenvalue weighted by Gasteiger charge is 2.35. The summed E-state index contributed by atoms with van der Waals surface area (Å²) in [5, 5.41) is 18.8. The first-order chi connectivity index (χ1) is 18.2. The van der Waals surface area contributed by atoms with E-state index in [1.165, 1.54) is 12.1 Å². The normalized spacial score (nSPS) is 18.3. The number of halogens is 2. The molecule has 3 atom stereocenters. The van der Waals surface area contributed by atoms with E-state index in [-0.39, 0.29) is 18.4 Å². The zero-order chi connectivity index (χ0) is 28.8. The molecule has 0 aliphatic carbocycles. The predicted molar refractivity (Wildman–Crippen MR) is 150 cm³/mol. The number of alkyl carbamates (subject to hydrolysis) is 1. The summed E-state index contributed by atoms with van der Waals surface area (Å²) >= 11 is 0. The van der Waals surface area contributed by atoms with Gasteiger partial charge in [0.25, 0.3) is 0 Å². The van der Waals surface area contributed by atoms with Crippen LogP contribution in [0.5, 0.6) is 0 Å². The molecule has 0 spiro atoms. The molecule has 6 nitrogen and oxygen atoms in total. The second-order valence-corrected chi connectivity index (χ2v) is 12.9. The minimum absolute atomic E-state index is 0.0414. The first-order valence-corrected chi connectivity index (χ1v) is 13.9. The van der Waals surface area contributed by atoms with E-state index in [4.69, 9.17) is 4.74 Å². The molecule has 39 heavy (non-hydrogen) atoms. The van der Waals surface area contributed by atoms with E-state index in [2.05, 4.69) is 48.2 Å². The third-order valence-corrected chi connectivity index (χ3v) is 6.71. The minimum atomic E-state index is -1.04. The van der Waals surface area contributed by atoms with Gasteiger partial charge in [0, 0.05) is 31.7 Å². The van der Waals surface area contributed by atoms with Gasteiger partial charge in [-0.2, -0.15) is 0 Å². The van der Waals surface area contributed by atoms with E-state index in [1.807, 2.05) is 18.2 Å². The number of aliphatic hydroxyl groups is 1. The molecule has 2 aromatic carbocycles. The molecule has 1 saturated heterocycles. The zero-order valence-corrected chi connectivity index (χ0v) is 24.2. The number of nitrogens with one attached hydrogen (secondary N) is 1. The van der Waals surface area contributed by atoms with Crippen LogP contribution in [0, 0.1) is 17.0 Å². The van der Waals surface area contributed by atoms with Crippen LogP contribution in [0.25, 0.3) is 0 Å². The van der Waals surface area contributed by atoms with Crippen LogP contribution in [0.4, 0.5) is 13.6 Å². The van der Waals surface area contributed by atoms with Gasteiger partial charge in [-0.3, -0.25) is 0 Å². The number of nitrogens with zero attached hydrogens (tertiary/aromatic N) is 2. The summed E-state index contributed by atoms with van der Waals surface area (Å²) in [5.41, 5.74) is 0.857. The van der Waals surface area contributed by atoms with Crippen LogP contribution < -0.4 is 5.32 Å². The molecule has 0 aromatic heterocycles. The Kier molecular flexibility index (Phi) is 10.5. The van der Waals surface area contributed by atoms with Gasteiger partial charge in [0.15, 0.2) is 0 Å². The monoisotopic (exact) mass is 545 g/mol. The number of carbonyl (C=O) groups is 1. The van der Waals surface area contributed by atoms with Crippen molar-refractivity contribution in [2.75, 3.05) is 13.1 Å². The van der Waals surface area contributed by atoms with Crippen LogP contribution in [-0.4, -0.2) is 58.1 Å². The Morgan fingerprint density at radius 3 is 2.31 bits per heavy atom. The van der Waals surface area contributed by atoms with Gasteiger partial charge >= 0.3 is 6.09 Å². The van der Waals surface area contributed by atoms with Gasteiger partial charge in [-0.1, -0.05) is 51.1 Å². The van der Waals surface area contributed by atoms with Gasteiger partial charge in [-0.05, 0) is 75.1 Å². The molecule has 0 bridgehead atoms. The highest BCUT2D eigenvalue weighted by molar-refractivity contribution is 5.68. The highest BCUT2D eigenvalue weighted by atomic mass is 19.1. The molecular formula is C31H45F2N3O3. The summed E-state index contributed by atoms with van der Waals surface area (Å²) in [6, 6.07) is 12.8. The number of carbonyl (C=O) groups excluding carboxylic acids is 1. The summed E-state index contributed by atoms with van der Waals surface area (Å²) in [5.74, 6) is -1.41. The molecule has 1 aliphatic rings. The quantitative estimate of drug-likeness (QED) is 0.379. The molecule has 1 amide bonds. The molecule has 0 radical (unpaired) electrons. The first kappa shape index (κ1) is 31.0. The maximum absolute atomic E-state index is 14.0. The zero-order valence-electron chi connectivity index (χ0n) is 24.2. The maximum atomic E-state index is 14.0. The standard InChI is InChI=1S/C31H45F2N3O3/c1-30(2,3)19-26-13-10-14-36(26)35(20-22-11-8-7-9-12-22)21-28(37)27(34-29(38)39-31(4,5)6)17-23-15-24(32)18-25(33)16-23/h7-9,11-12,15-16,18,26-28,37H,10,13-14,17,19-21H2,1-6H3,(H,34,38). The molecule has 1 aliphatic heterocycles. The topological polar surface area (TPSA) is 65.0 Å². The van der Waals surface area contributed by atoms with Crippen molar-refractivity contribution >= 4 is 6.09 Å². The fraction of sp³-hybridized carbons (Fsp3) is 0.581. The van der Waals surface area contributed by atoms with Crippen LogP contribution >= 0.6 is 0 Å². The van der Waals surface area contributed by atoms with E-state index in [0.29, 0.717) is 18.2 Å². The lowest BCUT2D eigenvalue weighted by molar-refractivity contribution is -0.0822. The van der Waals surface area contributed by atoms with Crippen molar-refractivity contribution in [1.29, 1.82) is 0 Å². The number of amides is 1. The molecule has 3 unspecified atom stereocenters. The summed E-state index contributed by atoms with van der Waals surface area (Å²) in [6.45, 7) is 13.7. The lowest BCUT2D eigenvalue weighted by Crippen LogP contribution is -2.54. The number of benzene rings is 2. The number of hydrazine groups is 1. The molecule has 8 heteroatoms. The lowest BCUT2D eigenvalue weighted by atomic mass is 9.87. The van der Waals surface area contributed by atoms with Gasteiger partial charge in [0.1, 0.15) is 17.2 Å². The lowest BCUT2D eigenvalue weighted by Gasteiger charge is -2.40. The third-order valence-electron chi connectivity index (χ3n) is 6.71. The van der Waals surface area contributed by atoms with E-state index >= 15 is 0 Å². The molecular weight excluding hydrogens is 500 g/mol. The SMILES string of the molecule is CC(C)(C)CC1CCCN1N(Cc1ccccc1)CC(O)C(Cc1cc(F)cc(F)c1)NC(=O)OC(C)(C)C. The summed E-state index contributed by atoms with van der Waals surface area (Å²) < 4.78 is 33.4. The van der Waals surface area contributed by atoms with Gasteiger partial charge < -0.3 is 15.2 Å². The van der Waals surface area contributed by atoms with Gasteiger partial charge in [-0.25, -0.2) is 23.6 Å². The second kappa shape index (κ2) is 13.2. The third kappa shape index (κ3) is 10.5. The maximum Gasteiger partial charge on any atom is 0.407 e. The fourth-order valence-corrected chi connectivity index (χ4v) is 5.23. The Morgan fingerprint density at radius 1 is 1.08 bits per heavy atom. The van der Waals surface area contributed by atoms with E-state index < -0.39 is 35.5 Å². The average Bonchev–Trinajstić information content (AvgIpc) is 3.23. The molecule has 0 saturated carbocycles. The van der Waals surface area contributed by atoms with Crippen LogP contribution in [0.3, 0.4) is 0 Å². The summed E-state index contributed by atoms with van der Waals surface area (Å²) in [6.07, 6.45) is 1.45. The van der Waals surface area contributed by atoms with Crippen molar-refractivity contribution in [2.45, 2.75) is 97.6 Å². The number of hydrogen-bond donors (Lipinski definition) is 2. The fourth-order valence-electron chi connectivity index (χ4n) is 5.23. The van der Waals surface area contributed by atoms with Crippen molar-refractivity contribution in [3.63, 3.8) is 0 Å². The Morgan fingerprint density at radius 2 is 1.72 bits per heavy atom. The highest BCUT2D eigenvalue weighted by Crippen LogP contribution is 2.31. The number of rotatable bonds is 10. The van der Waals surface area contributed by atoms with Crippen molar-refractivity contribution in [2.24, 2.45) is 5.41 Å². The summed E-state index contributed by atoms with van der Waals surface area (Å²) in [4.78, 5) is 12.7. The molecule has 1 fully saturated rings. The Labute approximate surface area is 232 Å². The first-order valence-electron chi connectivity index (χ1n) is 13.9. The van der Waals surface area contributed by atoms with Crippen LogP contribution in [0.2, 0.25) is 0 Å². The van der Waals surface area contributed by atoms with Crippen molar-refractivity contribution < 1.29 is 23.4 Å². The Balaban J connectivity index is 1.87. The van der Waals surface area contributed by atoms with Gasteiger partial charge in [0.05, 0.1) is 12.1 Å². The van der Waals surface area contributed by atoms with Crippen LogP contribution in [-0.2, 0) is 17.7 Å².